The van der Waals surface area contributed by atoms with Crippen molar-refractivity contribution in [1.29, 1.82) is 0 Å². The lowest BCUT2D eigenvalue weighted by molar-refractivity contribution is -0.138. The number of aliphatic carboxylic acids is 1. The minimum Gasteiger partial charge on any atom is -0.480 e. The average Bonchev–Trinajstić information content (AvgIpc) is 2.73. The van der Waals surface area contributed by atoms with Gasteiger partial charge in [0.15, 0.2) is 0 Å². The molecule has 0 amide bonds. The maximum Gasteiger partial charge on any atom is 0.321 e. The number of hydrogen-bond donors (Lipinski definition) is 2. The molecule has 1 saturated heterocycles. The van der Waals surface area contributed by atoms with Crippen molar-refractivity contribution < 1.29 is 9.90 Å². The van der Waals surface area contributed by atoms with E-state index >= 15 is 0 Å². The zero-order valence-corrected chi connectivity index (χ0v) is 12.1. The van der Waals surface area contributed by atoms with Crippen LogP contribution in [0.5, 0.6) is 0 Å². The van der Waals surface area contributed by atoms with Crippen molar-refractivity contribution in [3.05, 3.63) is 11.6 Å². The molecule has 2 N–H and O–H groups in total. The lowest BCUT2D eigenvalue weighted by Crippen LogP contribution is -2.46. The first-order valence-corrected chi connectivity index (χ1v) is 7.82. The molecule has 18 heavy (non-hydrogen) atoms. The maximum atomic E-state index is 11.0. The minimum atomic E-state index is -0.708. The van der Waals surface area contributed by atoms with Gasteiger partial charge in [-0.05, 0) is 38.0 Å². The molecular formula is C14H23NO2S. The third-order valence-corrected chi connectivity index (χ3v) is 5.42. The number of thioether (sulfide) groups is 1. The number of carboxylic acids is 1. The van der Waals surface area contributed by atoms with Gasteiger partial charge in [0, 0.05) is 5.75 Å². The van der Waals surface area contributed by atoms with Gasteiger partial charge in [-0.25, -0.2) is 0 Å². The molecular weight excluding hydrogens is 246 g/mol. The molecule has 2 fully saturated rings. The number of carboxylic acid groups (broad SMARTS) is 1. The SMILES string of the molecule is CC(C)CC=C1CCC2(CC1)N[C@@H](C(=O)O)CS2. The summed E-state index contributed by atoms with van der Waals surface area (Å²) >= 11 is 1.81. The lowest BCUT2D eigenvalue weighted by atomic mass is 9.88. The normalized spacial score (nSPS) is 32.2. The first-order valence-electron chi connectivity index (χ1n) is 6.83. The fourth-order valence-electron chi connectivity index (χ4n) is 2.65. The zero-order valence-electron chi connectivity index (χ0n) is 11.2. The monoisotopic (exact) mass is 269 g/mol. The third kappa shape index (κ3) is 3.29. The van der Waals surface area contributed by atoms with E-state index in [1.165, 1.54) is 6.42 Å². The molecule has 0 aromatic rings. The Morgan fingerprint density at radius 1 is 1.56 bits per heavy atom. The molecule has 2 rings (SSSR count). The van der Waals surface area contributed by atoms with Gasteiger partial charge in [0.05, 0.1) is 4.87 Å². The Morgan fingerprint density at radius 3 is 2.72 bits per heavy atom. The van der Waals surface area contributed by atoms with Gasteiger partial charge >= 0.3 is 5.97 Å². The Bertz CT molecular complexity index is 342. The summed E-state index contributed by atoms with van der Waals surface area (Å²) in [7, 11) is 0. The van der Waals surface area contributed by atoms with E-state index in [4.69, 9.17) is 5.11 Å². The van der Waals surface area contributed by atoms with Crippen molar-refractivity contribution in [2.24, 2.45) is 5.92 Å². The number of allylic oxidation sites excluding steroid dienone is 2. The molecule has 3 nitrogen and oxygen atoms in total. The van der Waals surface area contributed by atoms with Crippen molar-refractivity contribution in [3.63, 3.8) is 0 Å². The van der Waals surface area contributed by atoms with Crippen LogP contribution in [0.25, 0.3) is 0 Å². The second-order valence-electron chi connectivity index (χ2n) is 5.83. The van der Waals surface area contributed by atoms with Crippen LogP contribution in [0.1, 0.15) is 46.0 Å². The average molecular weight is 269 g/mol. The van der Waals surface area contributed by atoms with Gasteiger partial charge in [-0.2, -0.15) is 0 Å². The van der Waals surface area contributed by atoms with E-state index in [9.17, 15) is 4.79 Å². The molecule has 2 aliphatic rings. The minimum absolute atomic E-state index is 0.0399. The summed E-state index contributed by atoms with van der Waals surface area (Å²) in [6.07, 6.45) is 7.96. The van der Waals surface area contributed by atoms with Gasteiger partial charge in [0.1, 0.15) is 6.04 Å². The van der Waals surface area contributed by atoms with E-state index in [0.29, 0.717) is 5.75 Å². The van der Waals surface area contributed by atoms with Crippen LogP contribution in [0.2, 0.25) is 0 Å². The highest BCUT2D eigenvalue weighted by Gasteiger charge is 2.43. The molecule has 0 unspecified atom stereocenters. The Balaban J connectivity index is 1.87. The smallest absolute Gasteiger partial charge is 0.321 e. The number of rotatable bonds is 3. The van der Waals surface area contributed by atoms with Gasteiger partial charge in [-0.15, -0.1) is 11.8 Å². The summed E-state index contributed by atoms with van der Waals surface area (Å²) in [4.78, 5) is 11.0. The van der Waals surface area contributed by atoms with Gasteiger partial charge in [0.25, 0.3) is 0 Å². The molecule has 1 saturated carbocycles. The number of hydrogen-bond acceptors (Lipinski definition) is 3. The van der Waals surface area contributed by atoms with Crippen LogP contribution in [0, 0.1) is 5.92 Å². The molecule has 1 aliphatic carbocycles. The molecule has 102 valence electrons. The van der Waals surface area contributed by atoms with Gasteiger partial charge in [-0.3, -0.25) is 10.1 Å². The summed E-state index contributed by atoms with van der Waals surface area (Å²) in [5.74, 6) is 0.727. The van der Waals surface area contributed by atoms with E-state index in [-0.39, 0.29) is 10.9 Å². The van der Waals surface area contributed by atoms with Crippen LogP contribution in [0.3, 0.4) is 0 Å². The van der Waals surface area contributed by atoms with E-state index in [1.807, 2.05) is 11.8 Å². The van der Waals surface area contributed by atoms with Gasteiger partial charge in [-0.1, -0.05) is 25.5 Å². The largest absolute Gasteiger partial charge is 0.480 e. The van der Waals surface area contributed by atoms with Crippen molar-refractivity contribution in [1.82, 2.24) is 5.32 Å². The van der Waals surface area contributed by atoms with Crippen molar-refractivity contribution in [3.8, 4) is 0 Å². The van der Waals surface area contributed by atoms with Crippen LogP contribution >= 0.6 is 11.8 Å². The van der Waals surface area contributed by atoms with E-state index < -0.39 is 5.97 Å². The molecule has 1 spiro atoms. The molecule has 0 aromatic heterocycles. The molecule has 0 bridgehead atoms. The van der Waals surface area contributed by atoms with Crippen LogP contribution < -0.4 is 5.32 Å². The summed E-state index contributed by atoms with van der Waals surface area (Å²) in [5.41, 5.74) is 1.57. The highest BCUT2D eigenvalue weighted by atomic mass is 32.2. The molecule has 1 aliphatic heterocycles. The lowest BCUT2D eigenvalue weighted by Gasteiger charge is -2.34. The summed E-state index contributed by atoms with van der Waals surface area (Å²) in [5, 5.41) is 12.4. The van der Waals surface area contributed by atoms with Crippen LogP contribution in [-0.2, 0) is 4.79 Å². The Morgan fingerprint density at radius 2 is 2.22 bits per heavy atom. The van der Waals surface area contributed by atoms with E-state index in [2.05, 4.69) is 25.2 Å². The van der Waals surface area contributed by atoms with Gasteiger partial charge < -0.3 is 5.11 Å². The summed E-state index contributed by atoms with van der Waals surface area (Å²) in [6, 6.07) is -0.351. The highest BCUT2D eigenvalue weighted by molar-refractivity contribution is 8.00. The molecule has 0 aromatic carbocycles. The van der Waals surface area contributed by atoms with Crippen LogP contribution in [0.15, 0.2) is 11.6 Å². The quantitative estimate of drug-likeness (QED) is 0.773. The zero-order chi connectivity index (χ0) is 13.2. The fourth-order valence-corrected chi connectivity index (χ4v) is 4.08. The highest BCUT2D eigenvalue weighted by Crippen LogP contribution is 2.43. The maximum absolute atomic E-state index is 11.0. The number of nitrogens with one attached hydrogen (secondary N) is 1. The van der Waals surface area contributed by atoms with E-state index in [0.717, 1.165) is 31.6 Å². The standard InChI is InChI=1S/C14H23NO2S/c1-10(2)3-4-11-5-7-14(8-6-11)15-12(9-18-14)13(16)17/h4,10,12,15H,3,5-9H2,1-2H3,(H,16,17)/t12-,14?/m1/s1. The molecule has 0 radical (unpaired) electrons. The van der Waals surface area contributed by atoms with Crippen molar-refractivity contribution in [2.45, 2.75) is 56.9 Å². The molecule has 1 atom stereocenters. The first kappa shape index (κ1) is 13.9. The van der Waals surface area contributed by atoms with Crippen LogP contribution in [0.4, 0.5) is 0 Å². The van der Waals surface area contributed by atoms with Crippen molar-refractivity contribution >= 4 is 17.7 Å². The molecule has 4 heteroatoms. The Hall–Kier alpha value is -0.480. The fraction of sp³-hybridized carbons (Fsp3) is 0.786. The van der Waals surface area contributed by atoms with Crippen molar-refractivity contribution in [2.75, 3.05) is 5.75 Å². The Kier molecular flexibility index (Phi) is 4.38. The third-order valence-electron chi connectivity index (χ3n) is 3.84. The van der Waals surface area contributed by atoms with E-state index in [1.54, 1.807) is 5.57 Å². The summed E-state index contributed by atoms with van der Waals surface area (Å²) < 4.78 is 0. The second-order valence-corrected chi connectivity index (χ2v) is 7.24. The number of carbonyl (C=O) groups is 1. The predicted octanol–water partition coefficient (Wildman–Crippen LogP) is 3.02. The molecule has 1 heterocycles. The van der Waals surface area contributed by atoms with Crippen LogP contribution in [-0.4, -0.2) is 27.7 Å². The first-order chi connectivity index (χ1) is 8.51. The second kappa shape index (κ2) is 5.66. The Labute approximate surface area is 113 Å². The van der Waals surface area contributed by atoms with Gasteiger partial charge in [0.2, 0.25) is 0 Å². The topological polar surface area (TPSA) is 49.3 Å². The predicted molar refractivity (Wildman–Crippen MR) is 75.8 cm³/mol. The summed E-state index contributed by atoms with van der Waals surface area (Å²) in [6.45, 7) is 4.49.